The molecular formula is C15H20F2N2O2. The Morgan fingerprint density at radius 2 is 2.10 bits per heavy atom. The van der Waals surface area contributed by atoms with Crippen LogP contribution < -0.4 is 5.32 Å². The van der Waals surface area contributed by atoms with Gasteiger partial charge in [-0.1, -0.05) is 19.9 Å². The fraction of sp³-hybridized carbons (Fsp3) is 0.533. The van der Waals surface area contributed by atoms with Crippen molar-refractivity contribution in [2.75, 3.05) is 19.6 Å². The summed E-state index contributed by atoms with van der Waals surface area (Å²) in [5.74, 6) is -1.89. The number of nitrogens with one attached hydrogen (secondary N) is 1. The van der Waals surface area contributed by atoms with Gasteiger partial charge in [-0.05, 0) is 23.6 Å². The Bertz CT molecular complexity index is 522. The molecule has 0 radical (unpaired) electrons. The first-order valence-corrected chi connectivity index (χ1v) is 7.05. The second kappa shape index (κ2) is 6.49. The predicted octanol–water partition coefficient (Wildman–Crippen LogP) is 1.45. The average molecular weight is 298 g/mol. The first kappa shape index (κ1) is 15.9. The van der Waals surface area contributed by atoms with E-state index in [0.29, 0.717) is 18.7 Å². The SMILES string of the molecule is CC(C)C1C(=O)NCCN1CC(O)c1ccc(F)c(F)c1. The molecule has 6 heteroatoms. The van der Waals surface area contributed by atoms with Crippen LogP contribution in [0.5, 0.6) is 0 Å². The zero-order chi connectivity index (χ0) is 15.6. The van der Waals surface area contributed by atoms with Crippen molar-refractivity contribution in [3.63, 3.8) is 0 Å². The van der Waals surface area contributed by atoms with Crippen LogP contribution in [0, 0.1) is 17.6 Å². The van der Waals surface area contributed by atoms with Gasteiger partial charge in [-0.3, -0.25) is 9.69 Å². The summed E-state index contributed by atoms with van der Waals surface area (Å²) in [5, 5.41) is 13.0. The van der Waals surface area contributed by atoms with Gasteiger partial charge in [0.05, 0.1) is 12.1 Å². The Morgan fingerprint density at radius 1 is 1.38 bits per heavy atom. The minimum absolute atomic E-state index is 0.0614. The minimum atomic E-state index is -0.983. The van der Waals surface area contributed by atoms with Crippen LogP contribution in [-0.4, -0.2) is 41.6 Å². The molecule has 4 nitrogen and oxygen atoms in total. The highest BCUT2D eigenvalue weighted by Gasteiger charge is 2.33. The Kier molecular flexibility index (Phi) is 4.90. The van der Waals surface area contributed by atoms with Crippen molar-refractivity contribution in [2.45, 2.75) is 26.0 Å². The van der Waals surface area contributed by atoms with Crippen LogP contribution in [0.2, 0.25) is 0 Å². The topological polar surface area (TPSA) is 52.6 Å². The molecule has 0 bridgehead atoms. The lowest BCUT2D eigenvalue weighted by molar-refractivity contribution is -0.131. The molecule has 2 unspecified atom stereocenters. The van der Waals surface area contributed by atoms with Crippen molar-refractivity contribution in [1.29, 1.82) is 0 Å². The lowest BCUT2D eigenvalue weighted by Crippen LogP contribution is -2.58. The van der Waals surface area contributed by atoms with Crippen molar-refractivity contribution in [3.8, 4) is 0 Å². The molecule has 0 aromatic heterocycles. The van der Waals surface area contributed by atoms with Gasteiger partial charge < -0.3 is 10.4 Å². The van der Waals surface area contributed by atoms with Gasteiger partial charge in [0, 0.05) is 19.6 Å². The third kappa shape index (κ3) is 3.57. The largest absolute Gasteiger partial charge is 0.387 e. The lowest BCUT2D eigenvalue weighted by atomic mass is 9.98. The van der Waals surface area contributed by atoms with Gasteiger partial charge in [0.25, 0.3) is 0 Å². The highest BCUT2D eigenvalue weighted by Crippen LogP contribution is 2.21. The van der Waals surface area contributed by atoms with Crippen LogP contribution in [0.1, 0.15) is 25.5 Å². The number of hydrogen-bond acceptors (Lipinski definition) is 3. The molecule has 2 rings (SSSR count). The van der Waals surface area contributed by atoms with E-state index in [2.05, 4.69) is 5.32 Å². The van der Waals surface area contributed by atoms with Crippen molar-refractivity contribution in [2.24, 2.45) is 5.92 Å². The van der Waals surface area contributed by atoms with Crippen LogP contribution in [-0.2, 0) is 4.79 Å². The van der Waals surface area contributed by atoms with Crippen molar-refractivity contribution < 1.29 is 18.7 Å². The van der Waals surface area contributed by atoms with Crippen LogP contribution >= 0.6 is 0 Å². The maximum atomic E-state index is 13.2. The molecule has 0 spiro atoms. The van der Waals surface area contributed by atoms with E-state index >= 15 is 0 Å². The fourth-order valence-electron chi connectivity index (χ4n) is 2.71. The maximum Gasteiger partial charge on any atom is 0.237 e. The molecule has 1 fully saturated rings. The molecule has 1 aliphatic heterocycles. The third-order valence-corrected chi connectivity index (χ3v) is 3.73. The summed E-state index contributed by atoms with van der Waals surface area (Å²) in [6.07, 6.45) is -0.966. The van der Waals surface area contributed by atoms with Crippen LogP contribution in [0.15, 0.2) is 18.2 Å². The Hall–Kier alpha value is -1.53. The molecule has 1 saturated heterocycles. The van der Waals surface area contributed by atoms with Crippen LogP contribution in [0.25, 0.3) is 0 Å². The quantitative estimate of drug-likeness (QED) is 0.885. The van der Waals surface area contributed by atoms with E-state index < -0.39 is 17.7 Å². The summed E-state index contributed by atoms with van der Waals surface area (Å²) < 4.78 is 26.1. The zero-order valence-corrected chi connectivity index (χ0v) is 12.1. The molecule has 1 heterocycles. The van der Waals surface area contributed by atoms with Crippen molar-refractivity contribution in [3.05, 3.63) is 35.4 Å². The molecule has 2 N–H and O–H groups in total. The highest BCUT2D eigenvalue weighted by atomic mass is 19.2. The number of β-amino-alcohol motifs (C(OH)–C–C–N with tert-alkyl or cyclic N) is 1. The number of nitrogens with zero attached hydrogens (tertiary/aromatic N) is 1. The first-order valence-electron chi connectivity index (χ1n) is 7.05. The fourth-order valence-corrected chi connectivity index (χ4v) is 2.71. The molecular weight excluding hydrogens is 278 g/mol. The van der Waals surface area contributed by atoms with Crippen molar-refractivity contribution in [1.82, 2.24) is 10.2 Å². The summed E-state index contributed by atoms with van der Waals surface area (Å²) in [6, 6.07) is 3.03. The van der Waals surface area contributed by atoms with E-state index in [1.165, 1.54) is 6.07 Å². The summed E-state index contributed by atoms with van der Waals surface area (Å²) >= 11 is 0. The number of amides is 1. The maximum absolute atomic E-state index is 13.2. The van der Waals surface area contributed by atoms with E-state index in [1.807, 2.05) is 18.7 Å². The Labute approximate surface area is 122 Å². The number of benzene rings is 1. The molecule has 1 amide bonds. The summed E-state index contributed by atoms with van der Waals surface area (Å²) in [5.41, 5.74) is 0.308. The van der Waals surface area contributed by atoms with Crippen LogP contribution in [0.3, 0.4) is 0 Å². The van der Waals surface area contributed by atoms with Gasteiger partial charge in [-0.15, -0.1) is 0 Å². The van der Waals surface area contributed by atoms with Gasteiger partial charge in [0.15, 0.2) is 11.6 Å². The number of rotatable bonds is 4. The number of aliphatic hydroxyl groups excluding tert-OH is 1. The van der Waals surface area contributed by atoms with E-state index in [1.54, 1.807) is 0 Å². The molecule has 0 aliphatic carbocycles. The van der Waals surface area contributed by atoms with Crippen LogP contribution in [0.4, 0.5) is 8.78 Å². The monoisotopic (exact) mass is 298 g/mol. The standard InChI is InChI=1S/C15H20F2N2O2/c1-9(2)14-15(21)18-5-6-19(14)8-13(20)10-3-4-11(16)12(17)7-10/h3-4,7,9,13-14,20H,5-6,8H2,1-2H3,(H,18,21). The number of aliphatic hydroxyl groups is 1. The molecule has 0 saturated carbocycles. The second-order valence-corrected chi connectivity index (χ2v) is 5.66. The number of piperazine rings is 1. The lowest BCUT2D eigenvalue weighted by Gasteiger charge is -2.38. The Morgan fingerprint density at radius 3 is 2.71 bits per heavy atom. The molecule has 116 valence electrons. The van der Waals surface area contributed by atoms with E-state index in [9.17, 15) is 18.7 Å². The first-order chi connectivity index (χ1) is 9.90. The number of carbonyl (C=O) groups is 1. The summed E-state index contributed by atoms with van der Waals surface area (Å²) in [4.78, 5) is 13.8. The second-order valence-electron chi connectivity index (χ2n) is 5.66. The molecule has 1 aromatic rings. The minimum Gasteiger partial charge on any atom is -0.387 e. The smallest absolute Gasteiger partial charge is 0.237 e. The molecule has 2 atom stereocenters. The number of carbonyl (C=O) groups excluding carboxylic acids is 1. The van der Waals surface area contributed by atoms with E-state index in [0.717, 1.165) is 12.1 Å². The molecule has 21 heavy (non-hydrogen) atoms. The molecule has 1 aromatic carbocycles. The highest BCUT2D eigenvalue weighted by molar-refractivity contribution is 5.82. The zero-order valence-electron chi connectivity index (χ0n) is 12.1. The van der Waals surface area contributed by atoms with Gasteiger partial charge in [-0.2, -0.15) is 0 Å². The summed E-state index contributed by atoms with van der Waals surface area (Å²) in [7, 11) is 0. The van der Waals surface area contributed by atoms with Crippen molar-refractivity contribution >= 4 is 5.91 Å². The normalized spacial score (nSPS) is 21.4. The Balaban J connectivity index is 2.11. The molecule has 1 aliphatic rings. The number of halogens is 2. The van der Waals surface area contributed by atoms with E-state index in [4.69, 9.17) is 0 Å². The average Bonchev–Trinajstić information content (AvgIpc) is 2.41. The van der Waals surface area contributed by atoms with Gasteiger partial charge in [0.1, 0.15) is 0 Å². The number of hydrogen-bond donors (Lipinski definition) is 2. The summed E-state index contributed by atoms with van der Waals surface area (Å²) in [6.45, 7) is 5.22. The van der Waals surface area contributed by atoms with Gasteiger partial charge >= 0.3 is 0 Å². The van der Waals surface area contributed by atoms with Gasteiger partial charge in [0.2, 0.25) is 5.91 Å². The van der Waals surface area contributed by atoms with Gasteiger partial charge in [-0.25, -0.2) is 8.78 Å². The third-order valence-electron chi connectivity index (χ3n) is 3.73. The van der Waals surface area contributed by atoms with E-state index in [-0.39, 0.29) is 24.4 Å². The predicted molar refractivity (Wildman–Crippen MR) is 74.5 cm³/mol.